The molecular formula is C64H117NO8. The number of allylic oxidation sites excluding steroid dienone is 9. The highest BCUT2D eigenvalue weighted by Crippen LogP contribution is 2.23. The molecular weight excluding hydrogens is 911 g/mol. The van der Waals surface area contributed by atoms with Gasteiger partial charge in [-0.25, -0.2) is 0 Å². The number of nitrogens with one attached hydrogen (secondary N) is 1. The minimum absolute atomic E-state index is 0.180. The minimum atomic E-state index is -1.57. The molecule has 7 unspecified atom stereocenters. The lowest BCUT2D eigenvalue weighted by Gasteiger charge is -2.40. The summed E-state index contributed by atoms with van der Waals surface area (Å²) in [5.41, 5.74) is 0. The molecule has 9 nitrogen and oxygen atoms in total. The van der Waals surface area contributed by atoms with Gasteiger partial charge in [0.15, 0.2) is 6.29 Å². The first-order valence-corrected chi connectivity index (χ1v) is 31.0. The van der Waals surface area contributed by atoms with Crippen molar-refractivity contribution in [3.05, 3.63) is 60.8 Å². The van der Waals surface area contributed by atoms with Gasteiger partial charge < -0.3 is 40.3 Å². The molecule has 0 spiro atoms. The third kappa shape index (κ3) is 42.7. The molecule has 73 heavy (non-hydrogen) atoms. The molecule has 9 heteroatoms. The summed E-state index contributed by atoms with van der Waals surface area (Å²) in [6, 6.07) is -0.811. The van der Waals surface area contributed by atoms with Crippen LogP contribution < -0.4 is 5.32 Å². The van der Waals surface area contributed by atoms with Gasteiger partial charge in [-0.3, -0.25) is 4.79 Å². The third-order valence-corrected chi connectivity index (χ3v) is 14.6. The highest BCUT2D eigenvalue weighted by Gasteiger charge is 2.44. The molecule has 0 aromatic heterocycles. The highest BCUT2D eigenvalue weighted by atomic mass is 16.7. The number of hydrogen-bond acceptors (Lipinski definition) is 8. The van der Waals surface area contributed by atoms with Crippen LogP contribution in [0.2, 0.25) is 0 Å². The zero-order valence-electron chi connectivity index (χ0n) is 47.4. The fraction of sp³-hybridized carbons (Fsp3) is 0.828. The number of aliphatic hydroxyl groups excluding tert-OH is 5. The van der Waals surface area contributed by atoms with Crippen molar-refractivity contribution in [3.63, 3.8) is 0 Å². The Morgan fingerprint density at radius 3 is 1.26 bits per heavy atom. The number of rotatable bonds is 53. The number of hydrogen-bond donors (Lipinski definition) is 6. The number of carbonyl (C=O) groups excluding carboxylic acids is 1. The van der Waals surface area contributed by atoms with Gasteiger partial charge in [0, 0.05) is 6.42 Å². The first kappa shape index (κ1) is 68.9. The normalized spacial score (nSPS) is 19.5. The van der Waals surface area contributed by atoms with E-state index >= 15 is 0 Å². The minimum Gasteiger partial charge on any atom is -0.394 e. The summed E-state index contributed by atoms with van der Waals surface area (Å²) in [6.07, 6.45) is 65.8. The van der Waals surface area contributed by atoms with Crippen molar-refractivity contribution in [1.82, 2.24) is 5.32 Å². The van der Waals surface area contributed by atoms with Crippen LogP contribution in [0.4, 0.5) is 0 Å². The molecule has 1 amide bonds. The molecule has 0 saturated carbocycles. The molecule has 0 aromatic rings. The van der Waals surface area contributed by atoms with Gasteiger partial charge in [0.25, 0.3) is 0 Å². The summed E-state index contributed by atoms with van der Waals surface area (Å²) in [5.74, 6) is -0.180. The molecule has 1 rings (SSSR count). The summed E-state index contributed by atoms with van der Waals surface area (Å²) in [6.45, 7) is 3.69. The van der Waals surface area contributed by atoms with Gasteiger partial charge in [0.1, 0.15) is 24.4 Å². The van der Waals surface area contributed by atoms with Crippen LogP contribution in [0.15, 0.2) is 60.8 Å². The van der Waals surface area contributed by atoms with E-state index in [1.807, 2.05) is 6.08 Å². The number of ether oxygens (including phenoxy) is 2. The number of unbranched alkanes of at least 4 members (excludes halogenated alkanes) is 35. The van der Waals surface area contributed by atoms with Crippen molar-refractivity contribution in [2.24, 2.45) is 0 Å². The Balaban J connectivity index is 2.20. The average molecular weight is 1030 g/mol. The maximum Gasteiger partial charge on any atom is 0.220 e. The molecule has 0 aliphatic carbocycles. The molecule has 426 valence electrons. The molecule has 7 atom stereocenters. The van der Waals surface area contributed by atoms with Crippen molar-refractivity contribution in [2.75, 3.05) is 13.2 Å². The Kier molecular flexibility index (Phi) is 50.3. The largest absolute Gasteiger partial charge is 0.394 e. The molecule has 6 N–H and O–H groups in total. The van der Waals surface area contributed by atoms with E-state index in [1.165, 1.54) is 193 Å². The van der Waals surface area contributed by atoms with Crippen molar-refractivity contribution in [2.45, 2.75) is 326 Å². The molecule has 1 aliphatic heterocycles. The van der Waals surface area contributed by atoms with Gasteiger partial charge in [-0.2, -0.15) is 0 Å². The summed E-state index contributed by atoms with van der Waals surface area (Å²) >= 11 is 0. The maximum atomic E-state index is 13.1. The van der Waals surface area contributed by atoms with Crippen LogP contribution >= 0.6 is 0 Å². The van der Waals surface area contributed by atoms with Crippen LogP contribution in [0.3, 0.4) is 0 Å². The first-order valence-electron chi connectivity index (χ1n) is 31.0. The topological polar surface area (TPSA) is 149 Å². The van der Waals surface area contributed by atoms with Crippen molar-refractivity contribution in [1.29, 1.82) is 0 Å². The average Bonchev–Trinajstić information content (AvgIpc) is 3.39. The van der Waals surface area contributed by atoms with E-state index in [9.17, 15) is 30.3 Å². The van der Waals surface area contributed by atoms with E-state index in [0.717, 1.165) is 70.6 Å². The van der Waals surface area contributed by atoms with Crippen molar-refractivity contribution >= 4 is 5.91 Å². The van der Waals surface area contributed by atoms with Crippen LogP contribution in [0, 0.1) is 0 Å². The van der Waals surface area contributed by atoms with Gasteiger partial charge in [0.05, 0.1) is 25.4 Å². The molecule has 1 saturated heterocycles. The van der Waals surface area contributed by atoms with E-state index in [-0.39, 0.29) is 12.5 Å². The van der Waals surface area contributed by atoms with Crippen molar-refractivity contribution in [3.8, 4) is 0 Å². The summed E-state index contributed by atoms with van der Waals surface area (Å²) < 4.78 is 11.3. The Morgan fingerprint density at radius 1 is 0.479 bits per heavy atom. The summed E-state index contributed by atoms with van der Waals surface area (Å²) in [7, 11) is 0. The van der Waals surface area contributed by atoms with Crippen LogP contribution in [-0.4, -0.2) is 87.5 Å². The quantitative estimate of drug-likeness (QED) is 0.0261. The Morgan fingerprint density at radius 2 is 0.849 bits per heavy atom. The first-order chi connectivity index (χ1) is 35.8. The van der Waals surface area contributed by atoms with Crippen LogP contribution in [0.25, 0.3) is 0 Å². The molecule has 0 aromatic carbocycles. The molecule has 1 heterocycles. The second-order valence-electron chi connectivity index (χ2n) is 21.5. The lowest BCUT2D eigenvalue weighted by Crippen LogP contribution is -2.60. The van der Waals surface area contributed by atoms with E-state index < -0.39 is 49.5 Å². The Bertz CT molecular complexity index is 1330. The van der Waals surface area contributed by atoms with Crippen LogP contribution in [0.5, 0.6) is 0 Å². The van der Waals surface area contributed by atoms with Crippen molar-refractivity contribution < 1.29 is 39.8 Å². The Hall–Kier alpha value is -2.11. The fourth-order valence-electron chi connectivity index (χ4n) is 9.74. The predicted octanol–water partition coefficient (Wildman–Crippen LogP) is 15.9. The monoisotopic (exact) mass is 1030 g/mol. The lowest BCUT2D eigenvalue weighted by atomic mass is 9.99. The fourth-order valence-corrected chi connectivity index (χ4v) is 9.74. The predicted molar refractivity (Wildman–Crippen MR) is 309 cm³/mol. The van der Waals surface area contributed by atoms with Gasteiger partial charge in [0.2, 0.25) is 5.91 Å². The summed E-state index contributed by atoms with van der Waals surface area (Å²) in [5, 5.41) is 54.6. The molecule has 0 radical (unpaired) electrons. The maximum absolute atomic E-state index is 13.1. The third-order valence-electron chi connectivity index (χ3n) is 14.6. The van der Waals surface area contributed by atoms with E-state index in [1.54, 1.807) is 6.08 Å². The number of aliphatic hydroxyl groups is 5. The molecule has 0 bridgehead atoms. The van der Waals surface area contributed by atoms with Gasteiger partial charge in [-0.15, -0.1) is 0 Å². The van der Waals surface area contributed by atoms with E-state index in [0.29, 0.717) is 6.42 Å². The van der Waals surface area contributed by atoms with Crippen LogP contribution in [-0.2, 0) is 14.3 Å². The van der Waals surface area contributed by atoms with Crippen LogP contribution in [0.1, 0.15) is 284 Å². The van der Waals surface area contributed by atoms with Gasteiger partial charge >= 0.3 is 0 Å². The number of amides is 1. The smallest absolute Gasteiger partial charge is 0.220 e. The second kappa shape index (κ2) is 53.3. The SMILES string of the molecule is CC/C=C\C/C=C\C/C=C\C/C=C\CCCCCCCCCCCCC(=O)NC(COC1OC(CO)C(O)C(O)C1O)C(O)/C=C/CCCCCCCCCCCCCCCCCCCCCCCCCCC. The van der Waals surface area contributed by atoms with E-state index in [4.69, 9.17) is 9.47 Å². The van der Waals surface area contributed by atoms with Gasteiger partial charge in [-0.05, 0) is 57.8 Å². The van der Waals surface area contributed by atoms with E-state index in [2.05, 4.69) is 67.8 Å². The lowest BCUT2D eigenvalue weighted by molar-refractivity contribution is -0.302. The molecule has 1 aliphatic rings. The Labute approximate surface area is 449 Å². The zero-order chi connectivity index (χ0) is 52.9. The second-order valence-corrected chi connectivity index (χ2v) is 21.5. The molecule has 1 fully saturated rings. The standard InChI is InChI=1S/C64H117NO8/c1-3-5-7-9-11-13-15-17-19-21-23-25-27-28-29-30-32-33-35-37-39-41-43-45-47-49-51-53-58(67)57(56-72-64-63(71)62(70)61(69)59(55-66)73-64)65-60(68)54-52-50-48-46-44-42-40-38-36-34-31-26-24-22-20-18-16-14-12-10-8-6-4-2/h6,8,12,14,18,20,24,26,51,53,57-59,61-64,66-67,69-71H,3-5,7,9-11,13,15-17,19,21-23,25,27-50,52,54-56H2,1-2H3,(H,65,68)/b8-6-,14-12-,20-18-,26-24-,53-51+. The number of carbonyl (C=O) groups is 1. The highest BCUT2D eigenvalue weighted by molar-refractivity contribution is 5.76. The zero-order valence-corrected chi connectivity index (χ0v) is 47.4. The van der Waals surface area contributed by atoms with Gasteiger partial charge in [-0.1, -0.05) is 280 Å². The summed E-state index contributed by atoms with van der Waals surface area (Å²) in [4.78, 5) is 13.1.